The molecule has 4 nitrogen and oxygen atoms in total. The first kappa shape index (κ1) is 13.3. The predicted molar refractivity (Wildman–Crippen MR) is 70.4 cm³/mol. The van der Waals surface area contributed by atoms with E-state index in [1.54, 1.807) is 6.20 Å². The molecule has 2 rings (SSSR count). The second kappa shape index (κ2) is 6.71. The normalized spacial score (nSPS) is 18.6. The third-order valence-corrected chi connectivity index (χ3v) is 3.47. The molecule has 18 heavy (non-hydrogen) atoms. The monoisotopic (exact) mass is 250 g/mol. The van der Waals surface area contributed by atoms with Crippen molar-refractivity contribution < 1.29 is 9.84 Å². The second-order valence-corrected chi connectivity index (χ2v) is 4.93. The Balaban J connectivity index is 1.90. The van der Waals surface area contributed by atoms with Crippen LogP contribution in [0, 0.1) is 0 Å². The maximum atomic E-state index is 8.84. The number of pyridine rings is 1. The zero-order valence-electron chi connectivity index (χ0n) is 10.7. The van der Waals surface area contributed by atoms with E-state index in [2.05, 4.69) is 4.98 Å². The maximum Gasteiger partial charge on any atom is 0.213 e. The van der Waals surface area contributed by atoms with Gasteiger partial charge in [0.1, 0.15) is 6.10 Å². The van der Waals surface area contributed by atoms with Crippen molar-refractivity contribution >= 4 is 0 Å². The minimum absolute atomic E-state index is 0.0987. The van der Waals surface area contributed by atoms with E-state index >= 15 is 0 Å². The molecule has 0 spiro atoms. The van der Waals surface area contributed by atoms with Gasteiger partial charge in [-0.1, -0.05) is 12.5 Å². The molecular weight excluding hydrogens is 228 g/mol. The van der Waals surface area contributed by atoms with Crippen LogP contribution in [0.3, 0.4) is 0 Å². The molecule has 0 aliphatic heterocycles. The van der Waals surface area contributed by atoms with Gasteiger partial charge in [-0.15, -0.1) is 0 Å². The number of hydrogen-bond donors (Lipinski definition) is 2. The van der Waals surface area contributed by atoms with Gasteiger partial charge in [0.25, 0.3) is 0 Å². The highest BCUT2D eigenvalue weighted by molar-refractivity contribution is 5.20. The largest absolute Gasteiger partial charge is 0.474 e. The summed E-state index contributed by atoms with van der Waals surface area (Å²) in [7, 11) is 0. The summed E-state index contributed by atoms with van der Waals surface area (Å²) in [6.07, 6.45) is 8.73. The Hall–Kier alpha value is -1.13. The molecule has 1 aromatic rings. The van der Waals surface area contributed by atoms with Crippen molar-refractivity contribution in [2.75, 3.05) is 6.61 Å². The predicted octanol–water partition coefficient (Wildman–Crippen LogP) is 2.18. The van der Waals surface area contributed by atoms with E-state index in [0.29, 0.717) is 18.4 Å². The number of aliphatic hydroxyl groups excluding tert-OH is 1. The molecule has 0 radical (unpaired) electrons. The lowest BCUT2D eigenvalue weighted by molar-refractivity contribution is 0.148. The van der Waals surface area contributed by atoms with Crippen molar-refractivity contribution in [3.63, 3.8) is 0 Å². The molecule has 1 aromatic heterocycles. The molecule has 4 heteroatoms. The minimum Gasteiger partial charge on any atom is -0.474 e. The summed E-state index contributed by atoms with van der Waals surface area (Å²) in [5.41, 5.74) is 6.84. The van der Waals surface area contributed by atoms with Crippen LogP contribution in [0.2, 0.25) is 0 Å². The highest BCUT2D eigenvalue weighted by atomic mass is 16.5. The number of aliphatic hydroxyl groups is 1. The maximum absolute atomic E-state index is 8.84. The zero-order valence-corrected chi connectivity index (χ0v) is 10.7. The second-order valence-electron chi connectivity index (χ2n) is 4.93. The molecule has 1 aliphatic carbocycles. The lowest BCUT2D eigenvalue weighted by Gasteiger charge is -2.22. The van der Waals surface area contributed by atoms with Gasteiger partial charge in [0, 0.05) is 24.9 Å². The lowest BCUT2D eigenvalue weighted by atomic mass is 9.98. The van der Waals surface area contributed by atoms with Gasteiger partial charge in [-0.25, -0.2) is 4.98 Å². The van der Waals surface area contributed by atoms with Crippen LogP contribution in [-0.4, -0.2) is 22.8 Å². The number of rotatable bonds is 5. The van der Waals surface area contributed by atoms with Gasteiger partial charge < -0.3 is 15.6 Å². The number of nitrogens with two attached hydrogens (primary N) is 1. The van der Waals surface area contributed by atoms with Crippen LogP contribution in [-0.2, 0) is 0 Å². The first-order valence-electron chi connectivity index (χ1n) is 6.78. The SMILES string of the molecule is N[C@@H](CCO)c1ccc(OC2CCCCC2)nc1. The number of nitrogens with zero attached hydrogens (tertiary/aromatic N) is 1. The Morgan fingerprint density at radius 1 is 1.33 bits per heavy atom. The Labute approximate surface area is 108 Å². The van der Waals surface area contributed by atoms with Crippen molar-refractivity contribution in [2.24, 2.45) is 5.73 Å². The van der Waals surface area contributed by atoms with Crippen molar-refractivity contribution in [3.05, 3.63) is 23.9 Å². The summed E-state index contributed by atoms with van der Waals surface area (Å²) in [4.78, 5) is 4.29. The Bertz CT molecular complexity index is 347. The van der Waals surface area contributed by atoms with E-state index in [1.165, 1.54) is 19.3 Å². The third kappa shape index (κ3) is 3.68. The van der Waals surface area contributed by atoms with E-state index in [1.807, 2.05) is 12.1 Å². The summed E-state index contributed by atoms with van der Waals surface area (Å²) in [5, 5.41) is 8.84. The van der Waals surface area contributed by atoms with Crippen LogP contribution in [0.1, 0.15) is 50.1 Å². The van der Waals surface area contributed by atoms with Gasteiger partial charge in [0.2, 0.25) is 5.88 Å². The van der Waals surface area contributed by atoms with E-state index in [4.69, 9.17) is 15.6 Å². The number of hydrogen-bond acceptors (Lipinski definition) is 4. The summed E-state index contributed by atoms with van der Waals surface area (Å²) < 4.78 is 5.85. The standard InChI is InChI=1S/C14H22N2O2/c15-13(8-9-17)11-6-7-14(16-10-11)18-12-4-2-1-3-5-12/h6-7,10,12-13,17H,1-5,8-9,15H2/t13-/m0/s1. The van der Waals surface area contributed by atoms with Gasteiger partial charge in [0.05, 0.1) is 0 Å². The fourth-order valence-corrected chi connectivity index (χ4v) is 2.34. The number of ether oxygens (including phenoxy) is 1. The Morgan fingerprint density at radius 2 is 2.11 bits per heavy atom. The molecule has 0 amide bonds. The number of aromatic nitrogens is 1. The molecule has 0 saturated heterocycles. The van der Waals surface area contributed by atoms with Crippen molar-refractivity contribution in [1.82, 2.24) is 4.98 Å². The Kier molecular flexibility index (Phi) is 4.96. The van der Waals surface area contributed by atoms with Crippen LogP contribution in [0.15, 0.2) is 18.3 Å². The van der Waals surface area contributed by atoms with E-state index in [0.717, 1.165) is 18.4 Å². The summed E-state index contributed by atoms with van der Waals surface area (Å²) in [6, 6.07) is 3.67. The van der Waals surface area contributed by atoms with E-state index < -0.39 is 0 Å². The first-order valence-corrected chi connectivity index (χ1v) is 6.78. The quantitative estimate of drug-likeness (QED) is 0.840. The third-order valence-electron chi connectivity index (χ3n) is 3.47. The van der Waals surface area contributed by atoms with Crippen molar-refractivity contribution in [3.8, 4) is 5.88 Å². The zero-order chi connectivity index (χ0) is 12.8. The molecule has 0 aromatic carbocycles. The first-order chi connectivity index (χ1) is 8.79. The van der Waals surface area contributed by atoms with Gasteiger partial charge in [-0.05, 0) is 37.7 Å². The van der Waals surface area contributed by atoms with Crippen molar-refractivity contribution in [2.45, 2.75) is 50.7 Å². The van der Waals surface area contributed by atoms with Crippen LogP contribution in [0.5, 0.6) is 5.88 Å². The molecule has 3 N–H and O–H groups in total. The smallest absolute Gasteiger partial charge is 0.213 e. The summed E-state index contributed by atoms with van der Waals surface area (Å²) in [6.45, 7) is 0.0987. The van der Waals surface area contributed by atoms with Gasteiger partial charge >= 0.3 is 0 Å². The fraction of sp³-hybridized carbons (Fsp3) is 0.643. The molecular formula is C14H22N2O2. The lowest BCUT2D eigenvalue weighted by Crippen LogP contribution is -2.20. The molecule has 0 bridgehead atoms. The average molecular weight is 250 g/mol. The summed E-state index contributed by atoms with van der Waals surface area (Å²) >= 11 is 0. The van der Waals surface area contributed by atoms with Gasteiger partial charge in [-0.2, -0.15) is 0 Å². The molecule has 1 heterocycles. The molecule has 1 saturated carbocycles. The molecule has 1 aliphatic rings. The van der Waals surface area contributed by atoms with Crippen LogP contribution in [0.25, 0.3) is 0 Å². The van der Waals surface area contributed by atoms with Crippen LogP contribution in [0.4, 0.5) is 0 Å². The van der Waals surface area contributed by atoms with Crippen molar-refractivity contribution in [1.29, 1.82) is 0 Å². The molecule has 0 unspecified atom stereocenters. The van der Waals surface area contributed by atoms with E-state index in [9.17, 15) is 0 Å². The van der Waals surface area contributed by atoms with Crippen LogP contribution >= 0.6 is 0 Å². The topological polar surface area (TPSA) is 68.4 Å². The molecule has 100 valence electrons. The highest BCUT2D eigenvalue weighted by Crippen LogP contribution is 2.23. The van der Waals surface area contributed by atoms with Gasteiger partial charge in [0.15, 0.2) is 0 Å². The van der Waals surface area contributed by atoms with Gasteiger partial charge in [-0.3, -0.25) is 0 Å². The Morgan fingerprint density at radius 3 is 2.72 bits per heavy atom. The summed E-state index contributed by atoms with van der Waals surface area (Å²) in [5.74, 6) is 0.682. The van der Waals surface area contributed by atoms with E-state index in [-0.39, 0.29) is 12.6 Å². The highest BCUT2D eigenvalue weighted by Gasteiger charge is 2.15. The van der Waals surface area contributed by atoms with Crippen LogP contribution < -0.4 is 10.5 Å². The minimum atomic E-state index is -0.147. The molecule has 1 fully saturated rings. The fourth-order valence-electron chi connectivity index (χ4n) is 2.34. The molecule has 1 atom stereocenters. The average Bonchev–Trinajstić information content (AvgIpc) is 2.41.